The lowest BCUT2D eigenvalue weighted by atomic mass is 9.96. The molecule has 0 radical (unpaired) electrons. The minimum absolute atomic E-state index is 0.159. The van der Waals surface area contributed by atoms with Crippen LogP contribution in [-0.4, -0.2) is 40.4 Å². The zero-order valence-electron chi connectivity index (χ0n) is 21.4. The molecule has 0 saturated heterocycles. The van der Waals surface area contributed by atoms with Crippen molar-refractivity contribution in [3.63, 3.8) is 0 Å². The molecule has 192 valence electrons. The lowest BCUT2D eigenvalue weighted by molar-refractivity contribution is 0.644. The van der Waals surface area contributed by atoms with Crippen LogP contribution < -0.4 is 11.1 Å². The van der Waals surface area contributed by atoms with Gasteiger partial charge in [-0.2, -0.15) is 9.78 Å². The van der Waals surface area contributed by atoms with Gasteiger partial charge in [0.2, 0.25) is 11.5 Å². The number of benzene rings is 3. The third-order valence-electron chi connectivity index (χ3n) is 6.93. The summed E-state index contributed by atoms with van der Waals surface area (Å²) in [4.78, 5) is 0. The van der Waals surface area contributed by atoms with Crippen molar-refractivity contribution in [2.75, 3.05) is 5.32 Å². The minimum atomic E-state index is -1.32. The van der Waals surface area contributed by atoms with Crippen LogP contribution in [0, 0.1) is 0 Å². The van der Waals surface area contributed by atoms with Crippen molar-refractivity contribution in [3.8, 4) is 22.6 Å². The Bertz CT molecular complexity index is 1810. The Labute approximate surface area is 224 Å². The molecule has 0 amide bonds. The maximum absolute atomic E-state index is 7.30. The first-order chi connectivity index (χ1) is 19.0. The molecule has 4 heterocycles. The number of fused-ring (bicyclic) bond motifs is 2. The van der Waals surface area contributed by atoms with Crippen molar-refractivity contribution in [3.05, 3.63) is 108 Å². The fourth-order valence-electron chi connectivity index (χ4n) is 5.02. The van der Waals surface area contributed by atoms with E-state index in [4.69, 9.17) is 10.8 Å². The Balaban J connectivity index is 1.44. The van der Waals surface area contributed by atoms with Gasteiger partial charge in [0.15, 0.2) is 17.3 Å². The van der Waals surface area contributed by atoms with Crippen molar-refractivity contribution < 1.29 is 0 Å². The Morgan fingerprint density at radius 1 is 0.769 bits per heavy atom. The van der Waals surface area contributed by atoms with Crippen LogP contribution >= 0.6 is 0 Å². The maximum Gasteiger partial charge on any atom is 0.201 e. The van der Waals surface area contributed by atoms with Gasteiger partial charge in [-0.05, 0) is 0 Å². The second-order valence-corrected chi connectivity index (χ2v) is 9.87. The lowest BCUT2D eigenvalue weighted by Gasteiger charge is -2.27. The highest BCUT2D eigenvalue weighted by atomic mass is 15.5. The fourth-order valence-corrected chi connectivity index (χ4v) is 5.02. The Morgan fingerprint density at radius 3 is 2.03 bits per heavy atom. The topological polar surface area (TPSA) is 127 Å². The van der Waals surface area contributed by atoms with Gasteiger partial charge < -0.3 is 5.32 Å². The highest BCUT2D eigenvalue weighted by Gasteiger charge is 2.46. The quantitative estimate of drug-likeness (QED) is 0.279. The van der Waals surface area contributed by atoms with E-state index in [1.807, 2.05) is 95.5 Å². The number of hydrogen-bond donors (Lipinski definition) is 3. The second-order valence-electron chi connectivity index (χ2n) is 9.87. The predicted octanol–water partition coefficient (Wildman–Crippen LogP) is 4.60. The molecule has 4 N–H and O–H groups in total. The van der Waals surface area contributed by atoms with Gasteiger partial charge in [-0.1, -0.05) is 105 Å². The number of anilines is 1. The third kappa shape index (κ3) is 3.57. The molecule has 0 saturated carbocycles. The summed E-state index contributed by atoms with van der Waals surface area (Å²) in [6.45, 7) is 4.17. The molecule has 39 heavy (non-hydrogen) atoms. The van der Waals surface area contributed by atoms with E-state index in [-0.39, 0.29) is 5.92 Å². The molecule has 6 aromatic rings. The Morgan fingerprint density at radius 2 is 1.38 bits per heavy atom. The molecule has 1 unspecified atom stereocenters. The van der Waals surface area contributed by atoms with Gasteiger partial charge in [0, 0.05) is 22.6 Å². The van der Waals surface area contributed by atoms with Crippen molar-refractivity contribution in [1.29, 1.82) is 0 Å². The summed E-state index contributed by atoms with van der Waals surface area (Å²) < 4.78 is 3.63. The molecule has 1 aliphatic rings. The molecule has 3 aromatic carbocycles. The van der Waals surface area contributed by atoms with Crippen LogP contribution in [0.25, 0.3) is 28.3 Å². The maximum atomic E-state index is 7.30. The molecule has 10 nitrogen and oxygen atoms in total. The number of H-pyrrole nitrogens is 1. The van der Waals surface area contributed by atoms with Crippen LogP contribution in [0.15, 0.2) is 96.1 Å². The van der Waals surface area contributed by atoms with E-state index in [0.717, 1.165) is 28.2 Å². The van der Waals surface area contributed by atoms with Crippen LogP contribution in [0.5, 0.6) is 0 Å². The molecule has 0 aliphatic carbocycles. The summed E-state index contributed by atoms with van der Waals surface area (Å²) in [6, 6.07) is 29.8. The summed E-state index contributed by atoms with van der Waals surface area (Å²) in [5.74, 6) is 2.06. The van der Waals surface area contributed by atoms with E-state index < -0.39 is 5.66 Å². The van der Waals surface area contributed by atoms with Crippen molar-refractivity contribution >= 4 is 17.0 Å². The Hall–Kier alpha value is -5.09. The summed E-state index contributed by atoms with van der Waals surface area (Å²) in [7, 11) is 0. The highest BCUT2D eigenvalue weighted by Crippen LogP contribution is 2.38. The second kappa shape index (κ2) is 8.74. The average Bonchev–Trinajstić information content (AvgIpc) is 3.72. The van der Waals surface area contributed by atoms with Gasteiger partial charge in [-0.15, -0.1) is 20.4 Å². The number of nitrogens with one attached hydrogen (secondary N) is 2. The molecule has 10 heteroatoms. The van der Waals surface area contributed by atoms with E-state index in [1.54, 1.807) is 4.68 Å². The monoisotopic (exact) mass is 514 g/mol. The van der Waals surface area contributed by atoms with E-state index in [1.165, 1.54) is 0 Å². The van der Waals surface area contributed by atoms with Crippen LogP contribution in [0.4, 0.5) is 5.69 Å². The molecule has 7 rings (SSSR count). The normalized spacial score (nSPS) is 16.6. The van der Waals surface area contributed by atoms with Crippen molar-refractivity contribution in [2.24, 2.45) is 10.8 Å². The van der Waals surface area contributed by atoms with Crippen molar-refractivity contribution in [1.82, 2.24) is 34.7 Å². The number of nitrogens with zero attached hydrogens (tertiary/aromatic N) is 7. The van der Waals surface area contributed by atoms with Crippen molar-refractivity contribution in [2.45, 2.75) is 25.4 Å². The van der Waals surface area contributed by atoms with E-state index in [2.05, 4.69) is 44.7 Å². The number of nitrogens with two attached hydrogens (primary N) is 1. The average molecular weight is 515 g/mol. The van der Waals surface area contributed by atoms with Crippen LogP contribution in [-0.2, 0) is 5.66 Å². The molecular weight excluding hydrogens is 488 g/mol. The Kier molecular flexibility index (Phi) is 5.17. The summed E-state index contributed by atoms with van der Waals surface area (Å²) in [5.41, 5.74) is 11.5. The predicted molar refractivity (Wildman–Crippen MR) is 150 cm³/mol. The minimum Gasteiger partial charge on any atom is -0.351 e. The smallest absolute Gasteiger partial charge is 0.201 e. The van der Waals surface area contributed by atoms with Gasteiger partial charge in [0.05, 0.1) is 5.69 Å². The fraction of sp³-hybridized carbons (Fsp3) is 0.138. The summed E-state index contributed by atoms with van der Waals surface area (Å²) in [6.07, 6.45) is 0. The summed E-state index contributed by atoms with van der Waals surface area (Å²) in [5, 5.41) is 30.1. The molecule has 0 spiro atoms. The zero-order chi connectivity index (χ0) is 26.6. The SMILES string of the molecule is CC(C)c1nnc2c(NC3(N)C(c4ccccc4)=Nn4c(-c5ccccc5)nnc43)c(-c3ccccc3)[nH]n12. The number of aromatic nitrogens is 7. The number of aromatic amines is 1. The zero-order valence-corrected chi connectivity index (χ0v) is 21.4. The summed E-state index contributed by atoms with van der Waals surface area (Å²) >= 11 is 0. The molecule has 0 bridgehead atoms. The molecular formula is C29H26N10. The van der Waals surface area contributed by atoms with Crippen LogP contribution in [0.3, 0.4) is 0 Å². The first-order valence-corrected chi connectivity index (χ1v) is 12.8. The van der Waals surface area contributed by atoms with Gasteiger partial charge in [-0.25, -0.2) is 4.52 Å². The number of rotatable bonds is 6. The van der Waals surface area contributed by atoms with Crippen LogP contribution in [0.2, 0.25) is 0 Å². The van der Waals surface area contributed by atoms with Gasteiger partial charge in [0.1, 0.15) is 11.4 Å². The lowest BCUT2D eigenvalue weighted by Crippen LogP contribution is -2.51. The standard InChI is InChI=1S/C29H26N10/c1-18(2)25-32-34-27-23(22(36-38(25)27)19-12-6-3-7-13-19)31-29(30)24(20-14-8-4-9-15-20)37-39-26(33-35-28(29)39)21-16-10-5-11-17-21/h3-18,31,36H,30H2,1-2H3. The number of hydrogen-bond acceptors (Lipinski definition) is 7. The molecule has 1 aliphatic heterocycles. The first-order valence-electron chi connectivity index (χ1n) is 12.8. The third-order valence-corrected chi connectivity index (χ3v) is 6.93. The van der Waals surface area contributed by atoms with Gasteiger partial charge in [0.25, 0.3) is 0 Å². The first kappa shape index (κ1) is 23.1. The van der Waals surface area contributed by atoms with E-state index in [0.29, 0.717) is 28.7 Å². The van der Waals surface area contributed by atoms with Crippen LogP contribution in [0.1, 0.15) is 37.0 Å². The molecule has 3 aromatic heterocycles. The van der Waals surface area contributed by atoms with Gasteiger partial charge >= 0.3 is 0 Å². The van der Waals surface area contributed by atoms with E-state index in [9.17, 15) is 0 Å². The van der Waals surface area contributed by atoms with E-state index >= 15 is 0 Å². The molecule has 0 fully saturated rings. The highest BCUT2D eigenvalue weighted by molar-refractivity contribution is 6.10. The van der Waals surface area contributed by atoms with Gasteiger partial charge in [-0.3, -0.25) is 10.8 Å². The largest absolute Gasteiger partial charge is 0.351 e. The molecule has 1 atom stereocenters.